The number of aromatic nitrogens is 1. The van der Waals surface area contributed by atoms with E-state index in [1.165, 1.54) is 12.3 Å². The molecule has 0 aliphatic carbocycles. The first-order valence-corrected chi connectivity index (χ1v) is 3.20. The molecular weight excluding hydrogens is 160 g/mol. The normalized spacial score (nSPS) is 9.83. The SMILES string of the molecule is C.Fc1ccc(F)c2[nH]ccc12. The van der Waals surface area contributed by atoms with E-state index in [0.29, 0.717) is 5.39 Å². The third kappa shape index (κ3) is 1.07. The number of nitrogens with one attached hydrogen (secondary N) is 1. The van der Waals surface area contributed by atoms with Gasteiger partial charge in [0.1, 0.15) is 11.6 Å². The predicted molar refractivity (Wildman–Crippen MR) is 44.9 cm³/mol. The van der Waals surface area contributed by atoms with Crippen LogP contribution in [0.5, 0.6) is 0 Å². The van der Waals surface area contributed by atoms with Gasteiger partial charge in [-0.1, -0.05) is 7.43 Å². The van der Waals surface area contributed by atoms with Crippen molar-refractivity contribution in [3.8, 4) is 0 Å². The van der Waals surface area contributed by atoms with Gasteiger partial charge in [-0.05, 0) is 18.2 Å². The Morgan fingerprint density at radius 3 is 2.33 bits per heavy atom. The third-order valence-corrected chi connectivity index (χ3v) is 1.62. The third-order valence-electron chi connectivity index (χ3n) is 1.62. The average Bonchev–Trinajstić information content (AvgIpc) is 2.45. The van der Waals surface area contributed by atoms with Crippen molar-refractivity contribution in [3.05, 3.63) is 36.0 Å². The maximum atomic E-state index is 12.8. The molecule has 0 aliphatic heterocycles. The number of hydrogen-bond acceptors (Lipinski definition) is 0. The van der Waals surface area contributed by atoms with Crippen LogP contribution in [0.15, 0.2) is 24.4 Å². The zero-order valence-corrected chi connectivity index (χ0v) is 5.57. The van der Waals surface area contributed by atoms with Crippen molar-refractivity contribution < 1.29 is 8.78 Å². The molecule has 2 rings (SSSR count). The van der Waals surface area contributed by atoms with Crippen molar-refractivity contribution in [2.75, 3.05) is 0 Å². The Hall–Kier alpha value is -1.38. The van der Waals surface area contributed by atoms with Crippen LogP contribution in [-0.4, -0.2) is 4.98 Å². The molecule has 0 fully saturated rings. The van der Waals surface area contributed by atoms with Gasteiger partial charge < -0.3 is 4.98 Å². The van der Waals surface area contributed by atoms with E-state index < -0.39 is 11.6 Å². The van der Waals surface area contributed by atoms with Crippen LogP contribution in [0, 0.1) is 11.6 Å². The second kappa shape index (κ2) is 2.93. The highest BCUT2D eigenvalue weighted by molar-refractivity contribution is 5.80. The predicted octanol–water partition coefficient (Wildman–Crippen LogP) is 3.08. The topological polar surface area (TPSA) is 15.8 Å². The Labute approximate surface area is 69.0 Å². The van der Waals surface area contributed by atoms with E-state index in [0.717, 1.165) is 12.1 Å². The van der Waals surface area contributed by atoms with E-state index in [9.17, 15) is 8.78 Å². The largest absolute Gasteiger partial charge is 0.359 e. The standard InChI is InChI=1S/C8H5F2N.CH4/c9-6-1-2-7(10)8-5(6)3-4-11-8;/h1-4,11H;1H4. The zero-order chi connectivity index (χ0) is 7.84. The maximum Gasteiger partial charge on any atom is 0.147 e. The molecule has 0 unspecified atom stereocenters. The van der Waals surface area contributed by atoms with Crippen molar-refractivity contribution in [2.24, 2.45) is 0 Å². The monoisotopic (exact) mass is 169 g/mol. The molecule has 0 radical (unpaired) electrons. The summed E-state index contributed by atoms with van der Waals surface area (Å²) in [7, 11) is 0. The maximum absolute atomic E-state index is 12.8. The van der Waals surface area contributed by atoms with Gasteiger partial charge in [-0.3, -0.25) is 0 Å². The molecule has 0 amide bonds. The van der Waals surface area contributed by atoms with E-state index in [4.69, 9.17) is 0 Å². The van der Waals surface area contributed by atoms with Gasteiger partial charge in [-0.25, -0.2) is 8.78 Å². The summed E-state index contributed by atoms with van der Waals surface area (Å²) in [6.07, 6.45) is 1.51. The van der Waals surface area contributed by atoms with Gasteiger partial charge in [0.2, 0.25) is 0 Å². The van der Waals surface area contributed by atoms with E-state index in [2.05, 4.69) is 4.98 Å². The number of benzene rings is 1. The lowest BCUT2D eigenvalue weighted by atomic mass is 10.2. The van der Waals surface area contributed by atoms with E-state index >= 15 is 0 Å². The lowest BCUT2D eigenvalue weighted by Crippen LogP contribution is -1.80. The molecule has 0 atom stereocenters. The van der Waals surface area contributed by atoms with Crippen LogP contribution in [0.3, 0.4) is 0 Å². The summed E-state index contributed by atoms with van der Waals surface area (Å²) in [5, 5.41) is 0.296. The summed E-state index contributed by atoms with van der Waals surface area (Å²) >= 11 is 0. The molecule has 1 heterocycles. The van der Waals surface area contributed by atoms with Crippen LogP contribution < -0.4 is 0 Å². The first-order valence-electron chi connectivity index (χ1n) is 3.20. The average molecular weight is 169 g/mol. The minimum atomic E-state index is -0.425. The lowest BCUT2D eigenvalue weighted by Gasteiger charge is -1.92. The molecule has 1 nitrogen and oxygen atoms in total. The summed E-state index contributed by atoms with van der Waals surface area (Å²) in [6, 6.07) is 3.73. The number of rotatable bonds is 0. The van der Waals surface area contributed by atoms with Crippen LogP contribution in [-0.2, 0) is 0 Å². The molecule has 0 saturated carbocycles. The van der Waals surface area contributed by atoms with Gasteiger partial charge in [0.05, 0.1) is 5.52 Å². The van der Waals surface area contributed by atoms with E-state index in [1.54, 1.807) is 0 Å². The fraction of sp³-hybridized carbons (Fsp3) is 0.111. The fourth-order valence-electron chi connectivity index (χ4n) is 1.09. The van der Waals surface area contributed by atoms with Crippen LogP contribution in [0.25, 0.3) is 10.9 Å². The fourth-order valence-corrected chi connectivity index (χ4v) is 1.09. The van der Waals surface area contributed by atoms with Crippen LogP contribution in [0.1, 0.15) is 7.43 Å². The molecular formula is C9H9F2N. The quantitative estimate of drug-likeness (QED) is 0.623. The molecule has 12 heavy (non-hydrogen) atoms. The van der Waals surface area contributed by atoms with Gasteiger partial charge in [0.15, 0.2) is 0 Å². The molecule has 1 aromatic carbocycles. The molecule has 1 aromatic heterocycles. The van der Waals surface area contributed by atoms with Crippen molar-refractivity contribution in [1.29, 1.82) is 0 Å². The zero-order valence-electron chi connectivity index (χ0n) is 5.57. The molecule has 0 bridgehead atoms. The first kappa shape index (κ1) is 8.71. The molecule has 0 aliphatic rings. The number of halogens is 2. The van der Waals surface area contributed by atoms with Gasteiger partial charge >= 0.3 is 0 Å². The molecule has 3 heteroatoms. The molecule has 0 saturated heterocycles. The lowest BCUT2D eigenvalue weighted by molar-refractivity contribution is 0.616. The molecule has 0 spiro atoms. The minimum absolute atomic E-state index is 0. The minimum Gasteiger partial charge on any atom is -0.359 e. The number of aromatic amines is 1. The highest BCUT2D eigenvalue weighted by atomic mass is 19.1. The Morgan fingerprint density at radius 1 is 1.00 bits per heavy atom. The van der Waals surface area contributed by atoms with Crippen molar-refractivity contribution >= 4 is 10.9 Å². The Bertz CT molecular complexity index is 356. The Kier molecular flexibility index (Phi) is 2.13. The van der Waals surface area contributed by atoms with Crippen LogP contribution in [0.4, 0.5) is 8.78 Å². The van der Waals surface area contributed by atoms with E-state index in [1.807, 2.05) is 0 Å². The first-order chi connectivity index (χ1) is 5.29. The second-order valence-corrected chi connectivity index (χ2v) is 2.30. The van der Waals surface area contributed by atoms with Gasteiger partial charge in [-0.15, -0.1) is 0 Å². The van der Waals surface area contributed by atoms with Crippen LogP contribution in [0.2, 0.25) is 0 Å². The van der Waals surface area contributed by atoms with Crippen molar-refractivity contribution in [1.82, 2.24) is 4.98 Å². The summed E-state index contributed by atoms with van der Waals surface area (Å²) < 4.78 is 25.6. The summed E-state index contributed by atoms with van der Waals surface area (Å²) in [4.78, 5) is 2.61. The van der Waals surface area contributed by atoms with Crippen molar-refractivity contribution in [2.45, 2.75) is 7.43 Å². The summed E-state index contributed by atoms with van der Waals surface area (Å²) in [5.41, 5.74) is 0.227. The molecule has 1 N–H and O–H groups in total. The molecule has 2 aromatic rings. The molecule has 64 valence electrons. The highest BCUT2D eigenvalue weighted by Gasteiger charge is 2.04. The Morgan fingerprint density at radius 2 is 1.67 bits per heavy atom. The van der Waals surface area contributed by atoms with Gasteiger partial charge in [0.25, 0.3) is 0 Å². The van der Waals surface area contributed by atoms with Gasteiger partial charge in [-0.2, -0.15) is 0 Å². The van der Waals surface area contributed by atoms with E-state index in [-0.39, 0.29) is 12.9 Å². The second-order valence-electron chi connectivity index (χ2n) is 2.30. The highest BCUT2D eigenvalue weighted by Crippen LogP contribution is 2.18. The van der Waals surface area contributed by atoms with Gasteiger partial charge in [0, 0.05) is 11.6 Å². The summed E-state index contributed by atoms with van der Waals surface area (Å²) in [5.74, 6) is -0.825. The number of H-pyrrole nitrogens is 1. The Balaban J connectivity index is 0.000000720. The van der Waals surface area contributed by atoms with Crippen LogP contribution >= 0.6 is 0 Å². The number of fused-ring (bicyclic) bond motifs is 1. The van der Waals surface area contributed by atoms with Crippen molar-refractivity contribution in [3.63, 3.8) is 0 Å². The summed E-state index contributed by atoms with van der Waals surface area (Å²) in [6.45, 7) is 0. The number of hydrogen-bond donors (Lipinski definition) is 1. The smallest absolute Gasteiger partial charge is 0.147 e.